The van der Waals surface area contributed by atoms with Gasteiger partial charge in [-0.2, -0.15) is 0 Å². The second kappa shape index (κ2) is 5.24. The highest BCUT2D eigenvalue weighted by Crippen LogP contribution is 2.29. The number of aromatic nitrogens is 1. The van der Waals surface area contributed by atoms with E-state index >= 15 is 0 Å². The first-order valence-corrected chi connectivity index (χ1v) is 6.62. The summed E-state index contributed by atoms with van der Waals surface area (Å²) in [6.45, 7) is 1.88. The third-order valence-electron chi connectivity index (χ3n) is 3.55. The molecular formula is C13H18ClN3O. The molecule has 1 amide bonds. The van der Waals surface area contributed by atoms with Crippen molar-refractivity contribution in [2.75, 3.05) is 5.32 Å². The number of nitrogens with one attached hydrogen (secondary N) is 1. The summed E-state index contributed by atoms with van der Waals surface area (Å²) in [6.07, 6.45) is 6.24. The molecule has 1 heterocycles. The number of pyridine rings is 1. The summed E-state index contributed by atoms with van der Waals surface area (Å²) in [5.74, 6) is -0.153. The maximum absolute atomic E-state index is 12.3. The minimum Gasteiger partial charge on any atom is -0.322 e. The van der Waals surface area contributed by atoms with Crippen molar-refractivity contribution in [2.24, 2.45) is 5.73 Å². The first-order chi connectivity index (χ1) is 8.53. The Balaban J connectivity index is 2.16. The lowest BCUT2D eigenvalue weighted by Gasteiger charge is -2.32. The molecule has 0 spiro atoms. The third kappa shape index (κ3) is 2.65. The number of amides is 1. The number of rotatable bonds is 2. The Morgan fingerprint density at radius 2 is 2.11 bits per heavy atom. The van der Waals surface area contributed by atoms with Crippen LogP contribution >= 0.6 is 11.6 Å². The predicted molar refractivity (Wildman–Crippen MR) is 72.6 cm³/mol. The molecule has 0 aromatic carbocycles. The van der Waals surface area contributed by atoms with Gasteiger partial charge in [-0.15, -0.1) is 0 Å². The fraction of sp³-hybridized carbons (Fsp3) is 0.538. The smallest absolute Gasteiger partial charge is 0.244 e. The van der Waals surface area contributed by atoms with Gasteiger partial charge in [-0.3, -0.25) is 4.79 Å². The van der Waals surface area contributed by atoms with Crippen molar-refractivity contribution in [2.45, 2.75) is 44.6 Å². The van der Waals surface area contributed by atoms with Gasteiger partial charge in [-0.25, -0.2) is 4.98 Å². The van der Waals surface area contributed by atoms with Crippen LogP contribution in [0.1, 0.15) is 37.7 Å². The number of carbonyl (C=O) groups is 1. The fourth-order valence-corrected chi connectivity index (χ4v) is 2.58. The van der Waals surface area contributed by atoms with Crippen LogP contribution in [0.4, 0.5) is 5.69 Å². The maximum atomic E-state index is 12.3. The minimum absolute atomic E-state index is 0.153. The van der Waals surface area contributed by atoms with Gasteiger partial charge in [0.1, 0.15) is 0 Å². The molecule has 0 atom stereocenters. The summed E-state index contributed by atoms with van der Waals surface area (Å²) in [4.78, 5) is 16.2. The molecule has 1 aromatic heterocycles. The first kappa shape index (κ1) is 13.3. The van der Waals surface area contributed by atoms with Crippen LogP contribution in [0.25, 0.3) is 0 Å². The number of halogens is 1. The van der Waals surface area contributed by atoms with Crippen molar-refractivity contribution >= 4 is 23.2 Å². The number of hydrogen-bond acceptors (Lipinski definition) is 3. The molecule has 1 aromatic rings. The standard InChI is InChI=1S/C13H18ClN3O/c1-9-5-8-16-11(14)10(9)17-12(18)13(15)6-3-2-4-7-13/h5,8H,2-4,6-7,15H2,1H3,(H,17,18). The van der Waals surface area contributed by atoms with E-state index in [-0.39, 0.29) is 5.91 Å². The summed E-state index contributed by atoms with van der Waals surface area (Å²) in [5.41, 5.74) is 6.88. The summed E-state index contributed by atoms with van der Waals surface area (Å²) in [7, 11) is 0. The van der Waals surface area contributed by atoms with Crippen LogP contribution in [0.2, 0.25) is 5.15 Å². The van der Waals surface area contributed by atoms with Crippen molar-refractivity contribution in [1.29, 1.82) is 0 Å². The number of hydrogen-bond donors (Lipinski definition) is 2. The van der Waals surface area contributed by atoms with E-state index in [1.54, 1.807) is 6.20 Å². The van der Waals surface area contributed by atoms with E-state index in [4.69, 9.17) is 17.3 Å². The Kier molecular flexibility index (Phi) is 3.88. The van der Waals surface area contributed by atoms with Crippen molar-refractivity contribution in [3.63, 3.8) is 0 Å². The Morgan fingerprint density at radius 1 is 1.44 bits per heavy atom. The van der Waals surface area contributed by atoms with Crippen LogP contribution in [0, 0.1) is 6.92 Å². The molecule has 98 valence electrons. The summed E-state index contributed by atoms with van der Waals surface area (Å²) in [6, 6.07) is 1.81. The topological polar surface area (TPSA) is 68.0 Å². The van der Waals surface area contributed by atoms with Gasteiger partial charge in [0, 0.05) is 6.20 Å². The predicted octanol–water partition coefficient (Wildman–Crippen LogP) is 2.64. The Morgan fingerprint density at radius 3 is 2.72 bits per heavy atom. The number of nitrogens with two attached hydrogens (primary N) is 1. The van der Waals surface area contributed by atoms with Gasteiger partial charge in [0.05, 0.1) is 11.2 Å². The van der Waals surface area contributed by atoms with Crippen LogP contribution in [0.5, 0.6) is 0 Å². The lowest BCUT2D eigenvalue weighted by atomic mass is 9.82. The Labute approximate surface area is 112 Å². The molecule has 3 N–H and O–H groups in total. The van der Waals surface area contributed by atoms with E-state index < -0.39 is 5.54 Å². The quantitative estimate of drug-likeness (QED) is 0.810. The number of aryl methyl sites for hydroxylation is 1. The fourth-order valence-electron chi connectivity index (χ4n) is 2.32. The number of anilines is 1. The Hall–Kier alpha value is -1.13. The van der Waals surface area contributed by atoms with E-state index in [1.807, 2.05) is 13.0 Å². The number of carbonyl (C=O) groups excluding carboxylic acids is 1. The highest BCUT2D eigenvalue weighted by molar-refractivity contribution is 6.32. The van der Waals surface area contributed by atoms with Gasteiger partial charge in [0.15, 0.2) is 5.15 Å². The molecule has 0 unspecified atom stereocenters. The van der Waals surface area contributed by atoms with E-state index in [0.29, 0.717) is 10.8 Å². The van der Waals surface area contributed by atoms with Crippen molar-refractivity contribution < 1.29 is 4.79 Å². The largest absolute Gasteiger partial charge is 0.322 e. The van der Waals surface area contributed by atoms with E-state index in [1.165, 1.54) is 0 Å². The summed E-state index contributed by atoms with van der Waals surface area (Å²) in [5, 5.41) is 3.14. The van der Waals surface area contributed by atoms with Crippen LogP contribution in [-0.4, -0.2) is 16.4 Å². The van der Waals surface area contributed by atoms with Gasteiger partial charge >= 0.3 is 0 Å². The molecule has 1 saturated carbocycles. The zero-order chi connectivity index (χ0) is 13.2. The lowest BCUT2D eigenvalue weighted by molar-refractivity contribution is -0.122. The molecule has 1 aliphatic rings. The van der Waals surface area contributed by atoms with Crippen molar-refractivity contribution in [1.82, 2.24) is 4.98 Å². The monoisotopic (exact) mass is 267 g/mol. The SMILES string of the molecule is Cc1ccnc(Cl)c1NC(=O)C1(N)CCCCC1. The van der Waals surface area contributed by atoms with Crippen LogP contribution < -0.4 is 11.1 Å². The van der Waals surface area contributed by atoms with Crippen molar-refractivity contribution in [3.8, 4) is 0 Å². The van der Waals surface area contributed by atoms with Crippen LogP contribution in [0.3, 0.4) is 0 Å². The molecule has 1 fully saturated rings. The molecule has 5 heteroatoms. The minimum atomic E-state index is -0.760. The maximum Gasteiger partial charge on any atom is 0.244 e. The zero-order valence-corrected chi connectivity index (χ0v) is 11.3. The van der Waals surface area contributed by atoms with Gasteiger partial charge in [0.2, 0.25) is 5.91 Å². The summed E-state index contributed by atoms with van der Waals surface area (Å²) >= 11 is 5.99. The normalized spacial score (nSPS) is 18.4. The highest BCUT2D eigenvalue weighted by atomic mass is 35.5. The molecule has 4 nitrogen and oxygen atoms in total. The van der Waals surface area contributed by atoms with Crippen molar-refractivity contribution in [3.05, 3.63) is 23.0 Å². The van der Waals surface area contributed by atoms with Crippen LogP contribution in [0.15, 0.2) is 12.3 Å². The van der Waals surface area contributed by atoms with Crippen LogP contribution in [-0.2, 0) is 4.79 Å². The molecule has 2 rings (SSSR count). The summed E-state index contributed by atoms with van der Waals surface area (Å²) < 4.78 is 0. The van der Waals surface area contributed by atoms with Gasteiger partial charge < -0.3 is 11.1 Å². The van der Waals surface area contributed by atoms with Gasteiger partial charge in [-0.1, -0.05) is 30.9 Å². The second-order valence-corrected chi connectivity index (χ2v) is 5.32. The molecule has 0 saturated heterocycles. The highest BCUT2D eigenvalue weighted by Gasteiger charge is 2.35. The molecule has 0 aliphatic heterocycles. The molecule has 0 bridgehead atoms. The van der Waals surface area contributed by atoms with E-state index in [2.05, 4.69) is 10.3 Å². The first-order valence-electron chi connectivity index (χ1n) is 6.24. The third-order valence-corrected chi connectivity index (χ3v) is 3.84. The number of nitrogens with zero attached hydrogens (tertiary/aromatic N) is 1. The van der Waals surface area contributed by atoms with E-state index in [0.717, 1.165) is 37.7 Å². The molecule has 1 aliphatic carbocycles. The Bertz CT molecular complexity index is 435. The van der Waals surface area contributed by atoms with Gasteiger partial charge in [0.25, 0.3) is 0 Å². The van der Waals surface area contributed by atoms with Gasteiger partial charge in [-0.05, 0) is 31.4 Å². The van der Waals surface area contributed by atoms with E-state index in [9.17, 15) is 4.79 Å². The molecule has 0 radical (unpaired) electrons. The molecule has 18 heavy (non-hydrogen) atoms. The average Bonchev–Trinajstić information content (AvgIpc) is 2.34. The zero-order valence-electron chi connectivity index (χ0n) is 10.5. The molecular weight excluding hydrogens is 250 g/mol. The lowest BCUT2D eigenvalue weighted by Crippen LogP contribution is -2.52. The average molecular weight is 268 g/mol. The second-order valence-electron chi connectivity index (χ2n) is 4.96.